The lowest BCUT2D eigenvalue weighted by molar-refractivity contribution is 0.0383. The van der Waals surface area contributed by atoms with Crippen molar-refractivity contribution in [3.05, 3.63) is 65.5 Å². The number of nitrogens with zero attached hydrogens (tertiary/aromatic N) is 1. The standard InChI is InChI=1S/C20H22FN3O3/c21-17-4-6-18(7-5-17)23-20(26)16-3-1-2-15(14-16)19(25)22-8-9-24-10-12-27-13-11-24/h1-7,14H,8-13H2,(H,22,25)(H,23,26). The van der Waals surface area contributed by atoms with E-state index < -0.39 is 0 Å². The molecule has 0 aromatic heterocycles. The molecule has 0 radical (unpaired) electrons. The number of anilines is 1. The van der Waals surface area contributed by atoms with Crippen molar-refractivity contribution in [3.8, 4) is 0 Å². The normalized spacial score (nSPS) is 14.6. The number of morpholine rings is 1. The van der Waals surface area contributed by atoms with Crippen molar-refractivity contribution in [2.45, 2.75) is 0 Å². The van der Waals surface area contributed by atoms with E-state index in [1.807, 2.05) is 0 Å². The fourth-order valence-electron chi connectivity index (χ4n) is 2.79. The Hall–Kier alpha value is -2.77. The van der Waals surface area contributed by atoms with Gasteiger partial charge in [0.1, 0.15) is 5.82 Å². The molecular formula is C20H22FN3O3. The number of rotatable bonds is 6. The molecule has 0 saturated carbocycles. The lowest BCUT2D eigenvalue weighted by Gasteiger charge is -2.26. The minimum absolute atomic E-state index is 0.223. The Balaban J connectivity index is 1.54. The van der Waals surface area contributed by atoms with Crippen molar-refractivity contribution >= 4 is 17.5 Å². The first-order valence-corrected chi connectivity index (χ1v) is 8.87. The Morgan fingerprint density at radius 3 is 2.37 bits per heavy atom. The van der Waals surface area contributed by atoms with Crippen molar-refractivity contribution in [1.82, 2.24) is 10.2 Å². The first-order chi connectivity index (χ1) is 13.1. The van der Waals surface area contributed by atoms with Crippen LogP contribution in [0.5, 0.6) is 0 Å². The van der Waals surface area contributed by atoms with E-state index in [0.717, 1.165) is 32.8 Å². The van der Waals surface area contributed by atoms with E-state index in [0.29, 0.717) is 23.4 Å². The monoisotopic (exact) mass is 371 g/mol. The molecule has 1 fully saturated rings. The van der Waals surface area contributed by atoms with Crippen LogP contribution in [0.15, 0.2) is 48.5 Å². The highest BCUT2D eigenvalue weighted by Crippen LogP contribution is 2.12. The van der Waals surface area contributed by atoms with Crippen LogP contribution in [0.2, 0.25) is 0 Å². The van der Waals surface area contributed by atoms with Crippen molar-refractivity contribution in [2.75, 3.05) is 44.7 Å². The number of hydrogen-bond acceptors (Lipinski definition) is 4. The zero-order chi connectivity index (χ0) is 19.1. The van der Waals surface area contributed by atoms with E-state index in [-0.39, 0.29) is 17.6 Å². The molecule has 142 valence electrons. The van der Waals surface area contributed by atoms with Gasteiger partial charge in [-0.25, -0.2) is 4.39 Å². The first-order valence-electron chi connectivity index (χ1n) is 8.87. The number of nitrogens with one attached hydrogen (secondary N) is 2. The molecule has 1 aliphatic heterocycles. The quantitative estimate of drug-likeness (QED) is 0.816. The molecule has 2 aromatic carbocycles. The van der Waals surface area contributed by atoms with Crippen LogP contribution in [0.25, 0.3) is 0 Å². The van der Waals surface area contributed by atoms with Crippen LogP contribution in [0.1, 0.15) is 20.7 Å². The van der Waals surface area contributed by atoms with Crippen LogP contribution in [0.3, 0.4) is 0 Å². The molecule has 0 unspecified atom stereocenters. The van der Waals surface area contributed by atoms with Crippen LogP contribution < -0.4 is 10.6 Å². The number of carbonyl (C=O) groups is 2. The number of ether oxygens (including phenoxy) is 1. The van der Waals surface area contributed by atoms with Crippen molar-refractivity contribution in [3.63, 3.8) is 0 Å². The lowest BCUT2D eigenvalue weighted by Crippen LogP contribution is -2.41. The summed E-state index contributed by atoms with van der Waals surface area (Å²) in [6.45, 7) is 4.48. The summed E-state index contributed by atoms with van der Waals surface area (Å²) >= 11 is 0. The zero-order valence-corrected chi connectivity index (χ0v) is 14.9. The van der Waals surface area contributed by atoms with Crippen LogP contribution in [0.4, 0.5) is 10.1 Å². The molecule has 3 rings (SSSR count). The van der Waals surface area contributed by atoms with Crippen molar-refractivity contribution in [1.29, 1.82) is 0 Å². The SMILES string of the molecule is O=C(NCCN1CCOCC1)c1cccc(C(=O)Nc2ccc(F)cc2)c1. The van der Waals surface area contributed by atoms with Gasteiger partial charge < -0.3 is 15.4 Å². The Kier molecular flexibility index (Phi) is 6.51. The Morgan fingerprint density at radius 1 is 1.00 bits per heavy atom. The van der Waals surface area contributed by atoms with Gasteiger partial charge in [-0.2, -0.15) is 0 Å². The summed E-state index contributed by atoms with van der Waals surface area (Å²) in [4.78, 5) is 26.9. The van der Waals surface area contributed by atoms with Crippen LogP contribution in [0, 0.1) is 5.82 Å². The third-order valence-corrected chi connectivity index (χ3v) is 4.31. The minimum atomic E-state index is -0.372. The van der Waals surface area contributed by atoms with Gasteiger partial charge in [-0.3, -0.25) is 14.5 Å². The van der Waals surface area contributed by atoms with Crippen LogP contribution in [-0.2, 0) is 4.74 Å². The van der Waals surface area contributed by atoms with Crippen LogP contribution >= 0.6 is 0 Å². The summed E-state index contributed by atoms with van der Waals surface area (Å²) in [6, 6.07) is 12.0. The summed E-state index contributed by atoms with van der Waals surface area (Å²) in [5, 5.41) is 5.56. The minimum Gasteiger partial charge on any atom is -0.379 e. The van der Waals surface area contributed by atoms with Gasteiger partial charge in [0.15, 0.2) is 0 Å². The molecule has 2 aromatic rings. The fourth-order valence-corrected chi connectivity index (χ4v) is 2.79. The molecule has 0 atom stereocenters. The van der Waals surface area contributed by atoms with Gasteiger partial charge in [0.05, 0.1) is 13.2 Å². The fraction of sp³-hybridized carbons (Fsp3) is 0.300. The molecule has 6 nitrogen and oxygen atoms in total. The summed E-state index contributed by atoms with van der Waals surface area (Å²) < 4.78 is 18.2. The van der Waals surface area contributed by atoms with Crippen molar-refractivity contribution in [2.24, 2.45) is 0 Å². The third kappa shape index (κ3) is 5.60. The second-order valence-corrected chi connectivity index (χ2v) is 6.25. The lowest BCUT2D eigenvalue weighted by atomic mass is 10.1. The maximum Gasteiger partial charge on any atom is 0.255 e. The zero-order valence-electron chi connectivity index (χ0n) is 14.9. The summed E-state index contributed by atoms with van der Waals surface area (Å²) in [7, 11) is 0. The smallest absolute Gasteiger partial charge is 0.255 e. The maximum absolute atomic E-state index is 12.9. The van der Waals surface area contributed by atoms with Gasteiger partial charge in [0.2, 0.25) is 0 Å². The van der Waals surface area contributed by atoms with Gasteiger partial charge in [0.25, 0.3) is 11.8 Å². The van der Waals surface area contributed by atoms with Crippen LogP contribution in [-0.4, -0.2) is 56.1 Å². The van der Waals surface area contributed by atoms with E-state index in [2.05, 4.69) is 15.5 Å². The molecule has 0 aliphatic carbocycles. The van der Waals surface area contributed by atoms with Gasteiger partial charge in [0, 0.05) is 43.0 Å². The van der Waals surface area contributed by atoms with Crippen molar-refractivity contribution < 1.29 is 18.7 Å². The Bertz CT molecular complexity index is 789. The van der Waals surface area contributed by atoms with Gasteiger partial charge in [-0.15, -0.1) is 0 Å². The average Bonchev–Trinajstić information content (AvgIpc) is 2.70. The topological polar surface area (TPSA) is 70.7 Å². The molecule has 2 amide bonds. The molecular weight excluding hydrogens is 349 g/mol. The highest BCUT2D eigenvalue weighted by molar-refractivity contribution is 6.06. The second-order valence-electron chi connectivity index (χ2n) is 6.25. The Morgan fingerprint density at radius 2 is 1.67 bits per heavy atom. The Labute approximate surface area is 157 Å². The summed E-state index contributed by atoms with van der Waals surface area (Å²) in [5.74, 6) is -0.951. The largest absolute Gasteiger partial charge is 0.379 e. The molecule has 1 saturated heterocycles. The van der Waals surface area contributed by atoms with E-state index in [1.54, 1.807) is 24.3 Å². The van der Waals surface area contributed by atoms with E-state index in [4.69, 9.17) is 4.74 Å². The molecule has 27 heavy (non-hydrogen) atoms. The molecule has 7 heteroatoms. The third-order valence-electron chi connectivity index (χ3n) is 4.31. The number of halogens is 1. The second kappa shape index (κ2) is 9.25. The van der Waals surface area contributed by atoms with Gasteiger partial charge in [-0.1, -0.05) is 6.07 Å². The first kappa shape index (κ1) is 19.0. The van der Waals surface area contributed by atoms with Gasteiger partial charge >= 0.3 is 0 Å². The molecule has 1 heterocycles. The molecule has 0 bridgehead atoms. The number of hydrogen-bond donors (Lipinski definition) is 2. The average molecular weight is 371 g/mol. The highest BCUT2D eigenvalue weighted by Gasteiger charge is 2.13. The number of amides is 2. The number of benzene rings is 2. The maximum atomic E-state index is 12.9. The van der Waals surface area contributed by atoms with E-state index in [1.165, 1.54) is 24.3 Å². The predicted molar refractivity (Wildman–Crippen MR) is 100 cm³/mol. The summed E-state index contributed by atoms with van der Waals surface area (Å²) in [6.07, 6.45) is 0. The number of carbonyl (C=O) groups excluding carboxylic acids is 2. The molecule has 2 N–H and O–H groups in total. The highest BCUT2D eigenvalue weighted by atomic mass is 19.1. The van der Waals surface area contributed by atoms with Gasteiger partial charge in [-0.05, 0) is 42.5 Å². The van der Waals surface area contributed by atoms with E-state index in [9.17, 15) is 14.0 Å². The van der Waals surface area contributed by atoms with E-state index >= 15 is 0 Å². The molecule has 0 spiro atoms. The molecule has 1 aliphatic rings. The predicted octanol–water partition coefficient (Wildman–Crippen LogP) is 2.14. The summed E-state index contributed by atoms with van der Waals surface area (Å²) in [5.41, 5.74) is 1.27.